The number of rotatable bonds is 3. The van der Waals surface area contributed by atoms with E-state index in [1.807, 2.05) is 17.6 Å². The fourth-order valence-corrected chi connectivity index (χ4v) is 2.32. The molecule has 3 rings (SSSR count). The Labute approximate surface area is 108 Å². The number of aromatic nitrogens is 4. The summed E-state index contributed by atoms with van der Waals surface area (Å²) < 4.78 is 0. The summed E-state index contributed by atoms with van der Waals surface area (Å²) in [6.07, 6.45) is 3.63. The van der Waals surface area contributed by atoms with Gasteiger partial charge >= 0.3 is 0 Å². The summed E-state index contributed by atoms with van der Waals surface area (Å²) in [4.78, 5) is 16.4. The molecule has 0 saturated carbocycles. The van der Waals surface area contributed by atoms with Crippen molar-refractivity contribution in [2.24, 2.45) is 0 Å². The summed E-state index contributed by atoms with van der Waals surface area (Å²) in [6.45, 7) is 4.17. The van der Waals surface area contributed by atoms with Crippen molar-refractivity contribution in [3.05, 3.63) is 23.8 Å². The number of nitrogens with zero attached hydrogens (tertiary/aromatic N) is 3. The maximum absolute atomic E-state index is 4.56. The largest absolute Gasteiger partial charge is 0.367 e. The molecule has 0 aliphatic carbocycles. The molecule has 0 aliphatic heterocycles. The molecule has 0 unspecified atom stereocenters. The molecule has 0 aromatic carbocycles. The van der Waals surface area contributed by atoms with E-state index in [2.05, 4.69) is 39.1 Å². The highest BCUT2D eigenvalue weighted by atomic mass is 32.1. The van der Waals surface area contributed by atoms with Gasteiger partial charge in [0.1, 0.15) is 11.5 Å². The number of fused-ring (bicyclic) bond motifs is 1. The van der Waals surface area contributed by atoms with Crippen LogP contribution in [0.3, 0.4) is 0 Å². The molecule has 5 nitrogen and oxygen atoms in total. The fraction of sp³-hybridized carbons (Fsp3) is 0.250. The average Bonchev–Trinajstić information content (AvgIpc) is 2.99. The molecule has 0 bridgehead atoms. The molecule has 3 aromatic heterocycles. The summed E-state index contributed by atoms with van der Waals surface area (Å²) in [5.41, 5.74) is 0.832. The Morgan fingerprint density at radius 1 is 1.33 bits per heavy atom. The minimum Gasteiger partial charge on any atom is -0.367 e. The van der Waals surface area contributed by atoms with Crippen molar-refractivity contribution in [2.75, 3.05) is 5.32 Å². The van der Waals surface area contributed by atoms with Crippen molar-refractivity contribution in [2.45, 2.75) is 19.9 Å². The van der Waals surface area contributed by atoms with Crippen LogP contribution in [0.1, 0.15) is 13.8 Å². The third-order valence-electron chi connectivity index (χ3n) is 2.46. The second kappa shape index (κ2) is 4.38. The lowest BCUT2D eigenvalue weighted by Gasteiger charge is -2.10. The molecule has 18 heavy (non-hydrogen) atoms. The second-order valence-electron chi connectivity index (χ2n) is 4.27. The summed E-state index contributed by atoms with van der Waals surface area (Å²) in [5.74, 6) is 1.50. The molecule has 0 fully saturated rings. The van der Waals surface area contributed by atoms with E-state index in [4.69, 9.17) is 0 Å². The quantitative estimate of drug-likeness (QED) is 0.759. The van der Waals surface area contributed by atoms with Gasteiger partial charge in [0.05, 0.1) is 5.39 Å². The predicted molar refractivity (Wildman–Crippen MR) is 73.8 cm³/mol. The van der Waals surface area contributed by atoms with Crippen molar-refractivity contribution >= 4 is 28.2 Å². The van der Waals surface area contributed by atoms with Crippen LogP contribution < -0.4 is 5.32 Å². The Balaban J connectivity index is 2.17. The van der Waals surface area contributed by atoms with Gasteiger partial charge in [0.2, 0.25) is 0 Å². The third kappa shape index (κ3) is 1.95. The first-order valence-corrected chi connectivity index (χ1v) is 6.63. The normalized spacial score (nSPS) is 11.3. The Kier molecular flexibility index (Phi) is 2.71. The predicted octanol–water partition coefficient (Wildman–Crippen LogP) is 2.90. The summed E-state index contributed by atoms with van der Waals surface area (Å²) in [6, 6.07) is 2.30. The number of nitrogens with one attached hydrogen (secondary N) is 2. The number of aromatic amines is 1. The number of hydrogen-bond acceptors (Lipinski definition) is 5. The maximum atomic E-state index is 4.56. The molecule has 92 valence electrons. The Hall–Kier alpha value is -1.95. The van der Waals surface area contributed by atoms with Crippen molar-refractivity contribution in [1.29, 1.82) is 0 Å². The molecule has 2 N–H and O–H groups in total. The zero-order chi connectivity index (χ0) is 12.5. The molecule has 0 radical (unpaired) electrons. The van der Waals surface area contributed by atoms with E-state index in [1.165, 1.54) is 11.3 Å². The van der Waals surface area contributed by atoms with Crippen LogP contribution in [0, 0.1) is 0 Å². The number of hydrogen-bond donors (Lipinski definition) is 2. The van der Waals surface area contributed by atoms with Crippen LogP contribution in [0.2, 0.25) is 0 Å². The minimum absolute atomic E-state index is 0.321. The molecular weight excluding hydrogens is 246 g/mol. The highest BCUT2D eigenvalue weighted by Gasteiger charge is 2.12. The highest BCUT2D eigenvalue weighted by Crippen LogP contribution is 2.25. The van der Waals surface area contributed by atoms with Gasteiger partial charge < -0.3 is 10.3 Å². The summed E-state index contributed by atoms with van der Waals surface area (Å²) >= 11 is 1.54. The molecule has 3 aromatic rings. The van der Waals surface area contributed by atoms with Crippen molar-refractivity contribution in [3.63, 3.8) is 0 Å². The SMILES string of the molecule is CC(C)Nc1nc(-c2nccs2)nc2[nH]ccc12. The van der Waals surface area contributed by atoms with Gasteiger partial charge in [-0.15, -0.1) is 11.3 Å². The first-order chi connectivity index (χ1) is 8.74. The Bertz CT molecular complexity index is 656. The zero-order valence-corrected chi connectivity index (χ0v) is 11.0. The molecule has 0 amide bonds. The van der Waals surface area contributed by atoms with Crippen molar-refractivity contribution in [3.8, 4) is 10.8 Å². The van der Waals surface area contributed by atoms with Crippen LogP contribution in [0.4, 0.5) is 5.82 Å². The first kappa shape index (κ1) is 11.2. The Morgan fingerprint density at radius 3 is 2.94 bits per heavy atom. The Morgan fingerprint density at radius 2 is 2.22 bits per heavy atom. The van der Waals surface area contributed by atoms with E-state index in [0.717, 1.165) is 21.9 Å². The minimum atomic E-state index is 0.321. The number of anilines is 1. The maximum Gasteiger partial charge on any atom is 0.192 e. The number of H-pyrrole nitrogens is 1. The molecule has 0 atom stereocenters. The van der Waals surface area contributed by atoms with E-state index in [9.17, 15) is 0 Å². The van der Waals surface area contributed by atoms with Gasteiger partial charge in [-0.1, -0.05) is 0 Å². The molecule has 0 aliphatic rings. The zero-order valence-electron chi connectivity index (χ0n) is 10.1. The van der Waals surface area contributed by atoms with Crippen LogP contribution >= 0.6 is 11.3 Å². The van der Waals surface area contributed by atoms with Crippen LogP contribution in [-0.2, 0) is 0 Å². The summed E-state index contributed by atoms with van der Waals surface area (Å²) in [7, 11) is 0. The molecule has 0 saturated heterocycles. The fourth-order valence-electron chi connectivity index (χ4n) is 1.75. The van der Waals surface area contributed by atoms with Gasteiger partial charge in [-0.3, -0.25) is 0 Å². The lowest BCUT2D eigenvalue weighted by Crippen LogP contribution is -2.12. The van der Waals surface area contributed by atoms with Gasteiger partial charge in [0.15, 0.2) is 10.8 Å². The summed E-state index contributed by atoms with van der Waals surface area (Å²) in [5, 5.41) is 7.10. The van der Waals surface area contributed by atoms with E-state index >= 15 is 0 Å². The van der Waals surface area contributed by atoms with E-state index in [-0.39, 0.29) is 0 Å². The number of thiazole rings is 1. The topological polar surface area (TPSA) is 66.5 Å². The molecular formula is C12H13N5S. The van der Waals surface area contributed by atoms with Gasteiger partial charge in [0.25, 0.3) is 0 Å². The average molecular weight is 259 g/mol. The van der Waals surface area contributed by atoms with E-state index in [0.29, 0.717) is 11.9 Å². The van der Waals surface area contributed by atoms with Crippen LogP contribution in [-0.4, -0.2) is 26.0 Å². The monoisotopic (exact) mass is 259 g/mol. The second-order valence-corrected chi connectivity index (χ2v) is 5.17. The van der Waals surface area contributed by atoms with Crippen LogP contribution in [0.5, 0.6) is 0 Å². The lowest BCUT2D eigenvalue weighted by molar-refractivity contribution is 0.891. The van der Waals surface area contributed by atoms with Crippen LogP contribution in [0.25, 0.3) is 21.9 Å². The van der Waals surface area contributed by atoms with Gasteiger partial charge in [-0.25, -0.2) is 15.0 Å². The first-order valence-electron chi connectivity index (χ1n) is 5.75. The highest BCUT2D eigenvalue weighted by molar-refractivity contribution is 7.13. The van der Waals surface area contributed by atoms with E-state index in [1.54, 1.807) is 6.20 Å². The van der Waals surface area contributed by atoms with Gasteiger partial charge in [0, 0.05) is 23.8 Å². The third-order valence-corrected chi connectivity index (χ3v) is 3.23. The van der Waals surface area contributed by atoms with Crippen molar-refractivity contribution in [1.82, 2.24) is 19.9 Å². The van der Waals surface area contributed by atoms with Gasteiger partial charge in [-0.2, -0.15) is 0 Å². The van der Waals surface area contributed by atoms with Crippen LogP contribution in [0.15, 0.2) is 23.8 Å². The van der Waals surface area contributed by atoms with Crippen molar-refractivity contribution < 1.29 is 0 Å². The standard InChI is InChI=1S/C12H13N5S/c1-7(2)15-10-8-3-4-13-9(8)16-11(17-10)12-14-5-6-18-12/h3-7H,1-2H3,(H2,13,15,16,17). The van der Waals surface area contributed by atoms with Gasteiger partial charge in [-0.05, 0) is 19.9 Å². The lowest BCUT2D eigenvalue weighted by atomic mass is 10.3. The molecule has 3 heterocycles. The molecule has 6 heteroatoms. The van der Waals surface area contributed by atoms with E-state index < -0.39 is 0 Å². The molecule has 0 spiro atoms. The smallest absolute Gasteiger partial charge is 0.192 e.